The van der Waals surface area contributed by atoms with Crippen LogP contribution in [0, 0.1) is 6.92 Å². The second-order valence-corrected chi connectivity index (χ2v) is 4.08. The molecule has 0 spiro atoms. The van der Waals surface area contributed by atoms with Crippen LogP contribution in [0.2, 0.25) is 5.02 Å². The van der Waals surface area contributed by atoms with Crippen molar-refractivity contribution in [3.05, 3.63) is 28.8 Å². The quantitative estimate of drug-likeness (QED) is 0.825. The first-order chi connectivity index (χ1) is 8.52. The van der Waals surface area contributed by atoms with E-state index in [2.05, 4.69) is 15.4 Å². The summed E-state index contributed by atoms with van der Waals surface area (Å²) in [7, 11) is 1.30. The van der Waals surface area contributed by atoms with E-state index < -0.39 is 0 Å². The minimum atomic E-state index is -0.390. The number of anilines is 1. The number of aryl methyl sites for hydroxylation is 1. The summed E-state index contributed by atoms with van der Waals surface area (Å²) in [4.78, 5) is 22.3. The van der Waals surface area contributed by atoms with Gasteiger partial charge >= 0.3 is 12.0 Å². The molecule has 0 atom stereocenters. The minimum absolute atomic E-state index is 0.137. The maximum Gasteiger partial charge on any atom is 0.319 e. The number of rotatable bonds is 4. The van der Waals surface area contributed by atoms with Crippen molar-refractivity contribution in [3.63, 3.8) is 0 Å². The van der Waals surface area contributed by atoms with E-state index in [1.54, 1.807) is 12.1 Å². The van der Waals surface area contributed by atoms with Crippen LogP contribution in [0.1, 0.15) is 12.0 Å². The van der Waals surface area contributed by atoms with E-state index in [0.717, 1.165) is 5.56 Å². The first kappa shape index (κ1) is 14.3. The lowest BCUT2D eigenvalue weighted by atomic mass is 10.2. The van der Waals surface area contributed by atoms with E-state index in [4.69, 9.17) is 11.6 Å². The van der Waals surface area contributed by atoms with E-state index in [9.17, 15) is 9.59 Å². The van der Waals surface area contributed by atoms with Gasteiger partial charge in [0.2, 0.25) is 0 Å². The Balaban J connectivity index is 2.40. The predicted octanol–water partition coefficient (Wildman–Crippen LogP) is 2.33. The second kappa shape index (κ2) is 6.86. The number of benzene rings is 1. The van der Waals surface area contributed by atoms with Gasteiger partial charge in [-0.2, -0.15) is 0 Å². The van der Waals surface area contributed by atoms with Crippen molar-refractivity contribution in [1.29, 1.82) is 0 Å². The van der Waals surface area contributed by atoms with Gasteiger partial charge in [-0.15, -0.1) is 0 Å². The third kappa shape index (κ3) is 4.63. The molecule has 18 heavy (non-hydrogen) atoms. The Kier molecular flexibility index (Phi) is 5.45. The molecule has 0 unspecified atom stereocenters. The Morgan fingerprint density at radius 3 is 2.72 bits per heavy atom. The molecular formula is C12H15ClN2O3. The standard InChI is InChI=1S/C12H15ClN2O3/c1-8-3-4-9(7-10(8)13)15-12(17)14-6-5-11(16)18-2/h3-4,7H,5-6H2,1-2H3,(H2,14,15,17). The zero-order valence-electron chi connectivity index (χ0n) is 10.2. The van der Waals surface area contributed by atoms with Crippen molar-refractivity contribution in [2.75, 3.05) is 19.0 Å². The van der Waals surface area contributed by atoms with Crippen LogP contribution in [-0.2, 0) is 9.53 Å². The third-order valence-electron chi connectivity index (χ3n) is 2.27. The number of nitrogens with one attached hydrogen (secondary N) is 2. The van der Waals surface area contributed by atoms with Crippen molar-refractivity contribution in [2.45, 2.75) is 13.3 Å². The number of halogens is 1. The molecule has 0 fully saturated rings. The molecule has 0 heterocycles. The lowest BCUT2D eigenvalue weighted by molar-refractivity contribution is -0.140. The molecule has 0 aliphatic heterocycles. The maximum atomic E-state index is 11.5. The van der Waals surface area contributed by atoms with Gasteiger partial charge in [-0.3, -0.25) is 4.79 Å². The smallest absolute Gasteiger partial charge is 0.319 e. The van der Waals surface area contributed by atoms with Crippen LogP contribution in [0.25, 0.3) is 0 Å². The molecule has 1 aromatic carbocycles. The fraction of sp³-hybridized carbons (Fsp3) is 0.333. The van der Waals surface area contributed by atoms with E-state index in [1.165, 1.54) is 7.11 Å². The normalized spacial score (nSPS) is 9.72. The molecule has 1 rings (SSSR count). The number of hydrogen-bond donors (Lipinski definition) is 2. The van der Waals surface area contributed by atoms with Gasteiger partial charge in [0.25, 0.3) is 0 Å². The van der Waals surface area contributed by atoms with E-state index >= 15 is 0 Å². The lowest BCUT2D eigenvalue weighted by Crippen LogP contribution is -2.30. The Hall–Kier alpha value is -1.75. The molecule has 5 nitrogen and oxygen atoms in total. The van der Waals surface area contributed by atoms with Crippen LogP contribution in [0.4, 0.5) is 10.5 Å². The van der Waals surface area contributed by atoms with E-state index in [1.807, 2.05) is 13.0 Å². The Morgan fingerprint density at radius 2 is 2.11 bits per heavy atom. The number of urea groups is 1. The van der Waals surface area contributed by atoms with Crippen LogP contribution < -0.4 is 10.6 Å². The number of methoxy groups -OCH3 is 1. The average molecular weight is 271 g/mol. The summed E-state index contributed by atoms with van der Waals surface area (Å²) in [6, 6.07) is 4.84. The first-order valence-corrected chi connectivity index (χ1v) is 5.78. The van der Waals surface area contributed by atoms with Crippen molar-refractivity contribution >= 4 is 29.3 Å². The van der Waals surface area contributed by atoms with Crippen molar-refractivity contribution in [3.8, 4) is 0 Å². The molecular weight excluding hydrogens is 256 g/mol. The summed E-state index contributed by atoms with van der Waals surface area (Å²) in [5.41, 5.74) is 1.54. The molecule has 0 aromatic heterocycles. The van der Waals surface area contributed by atoms with Crippen LogP contribution in [0.15, 0.2) is 18.2 Å². The molecule has 0 aliphatic carbocycles. The van der Waals surface area contributed by atoms with Crippen molar-refractivity contribution in [2.24, 2.45) is 0 Å². The molecule has 2 N–H and O–H groups in total. The molecule has 0 saturated carbocycles. The van der Waals surface area contributed by atoms with Gasteiger partial charge in [-0.05, 0) is 24.6 Å². The molecule has 6 heteroatoms. The van der Waals surface area contributed by atoms with Gasteiger partial charge in [0.15, 0.2) is 0 Å². The topological polar surface area (TPSA) is 67.4 Å². The highest BCUT2D eigenvalue weighted by Gasteiger charge is 2.05. The fourth-order valence-corrected chi connectivity index (χ4v) is 1.41. The van der Waals surface area contributed by atoms with Gasteiger partial charge in [0.1, 0.15) is 0 Å². The Morgan fingerprint density at radius 1 is 1.39 bits per heavy atom. The fourth-order valence-electron chi connectivity index (χ4n) is 1.23. The molecule has 98 valence electrons. The van der Waals surface area contributed by atoms with Gasteiger partial charge < -0.3 is 15.4 Å². The number of carbonyl (C=O) groups excluding carboxylic acids is 2. The van der Waals surface area contributed by atoms with Gasteiger partial charge in [-0.1, -0.05) is 17.7 Å². The number of hydrogen-bond acceptors (Lipinski definition) is 3. The summed E-state index contributed by atoms with van der Waals surface area (Å²) in [6.07, 6.45) is 0.137. The molecule has 0 bridgehead atoms. The Labute approximate surface area is 110 Å². The highest BCUT2D eigenvalue weighted by atomic mass is 35.5. The van der Waals surface area contributed by atoms with Gasteiger partial charge in [0, 0.05) is 17.3 Å². The van der Waals surface area contributed by atoms with Crippen LogP contribution in [0.3, 0.4) is 0 Å². The number of carbonyl (C=O) groups is 2. The summed E-state index contributed by atoms with van der Waals surface area (Å²) in [5.74, 6) is -0.367. The van der Waals surface area contributed by atoms with Crippen LogP contribution in [-0.4, -0.2) is 25.7 Å². The van der Waals surface area contributed by atoms with E-state index in [0.29, 0.717) is 10.7 Å². The number of esters is 1. The molecule has 0 saturated heterocycles. The maximum absolute atomic E-state index is 11.5. The molecule has 1 aromatic rings. The zero-order chi connectivity index (χ0) is 13.5. The van der Waals surface area contributed by atoms with Crippen molar-refractivity contribution in [1.82, 2.24) is 5.32 Å². The summed E-state index contributed by atoms with van der Waals surface area (Å²) in [5, 5.41) is 5.74. The van der Waals surface area contributed by atoms with Crippen molar-refractivity contribution < 1.29 is 14.3 Å². The monoisotopic (exact) mass is 270 g/mol. The minimum Gasteiger partial charge on any atom is -0.469 e. The summed E-state index contributed by atoms with van der Waals surface area (Å²) in [6.45, 7) is 2.10. The largest absolute Gasteiger partial charge is 0.469 e. The highest BCUT2D eigenvalue weighted by Crippen LogP contribution is 2.19. The summed E-state index contributed by atoms with van der Waals surface area (Å²) < 4.78 is 4.45. The lowest BCUT2D eigenvalue weighted by Gasteiger charge is -2.08. The Bertz CT molecular complexity index is 449. The highest BCUT2D eigenvalue weighted by molar-refractivity contribution is 6.31. The third-order valence-corrected chi connectivity index (χ3v) is 2.68. The number of ether oxygens (including phenoxy) is 1. The van der Waals surface area contributed by atoms with Gasteiger partial charge in [-0.25, -0.2) is 4.79 Å². The first-order valence-electron chi connectivity index (χ1n) is 5.40. The second-order valence-electron chi connectivity index (χ2n) is 3.67. The molecule has 0 radical (unpaired) electrons. The van der Waals surface area contributed by atoms with Crippen LogP contribution in [0.5, 0.6) is 0 Å². The zero-order valence-corrected chi connectivity index (χ0v) is 11.0. The van der Waals surface area contributed by atoms with E-state index in [-0.39, 0.29) is 25.0 Å². The predicted molar refractivity (Wildman–Crippen MR) is 69.8 cm³/mol. The summed E-state index contributed by atoms with van der Waals surface area (Å²) >= 11 is 5.93. The molecule has 0 aliphatic rings. The molecule has 2 amide bonds. The SMILES string of the molecule is COC(=O)CCNC(=O)Nc1ccc(C)c(Cl)c1. The van der Waals surface area contributed by atoms with Gasteiger partial charge in [0.05, 0.1) is 13.5 Å². The average Bonchev–Trinajstić information content (AvgIpc) is 2.33. The number of amides is 2. The van der Waals surface area contributed by atoms with Crippen LogP contribution >= 0.6 is 11.6 Å².